The van der Waals surface area contributed by atoms with Gasteiger partial charge in [-0.3, -0.25) is 4.79 Å². The van der Waals surface area contributed by atoms with Crippen LogP contribution in [0.4, 0.5) is 5.69 Å². The number of anilines is 1. The first-order chi connectivity index (χ1) is 14.6. The van der Waals surface area contributed by atoms with Crippen LogP contribution >= 0.6 is 0 Å². The Balaban J connectivity index is 1.57. The number of benzene rings is 2. The highest BCUT2D eigenvalue weighted by atomic mass is 16.5. The molecule has 2 heterocycles. The van der Waals surface area contributed by atoms with E-state index in [9.17, 15) is 4.79 Å². The van der Waals surface area contributed by atoms with Gasteiger partial charge in [-0.1, -0.05) is 18.2 Å². The number of carbonyl (C=O) groups excluding carboxylic acids is 1. The molecule has 1 atom stereocenters. The highest BCUT2D eigenvalue weighted by Crippen LogP contribution is 2.20. The summed E-state index contributed by atoms with van der Waals surface area (Å²) in [6.45, 7) is 1.86. The second-order valence-electron chi connectivity index (χ2n) is 7.69. The molecule has 1 aromatic heterocycles. The Kier molecular flexibility index (Phi) is 6.04. The van der Waals surface area contributed by atoms with E-state index in [2.05, 4.69) is 44.7 Å². The maximum absolute atomic E-state index is 13.4. The monoisotopic (exact) mass is 406 g/mol. The van der Waals surface area contributed by atoms with Crippen molar-refractivity contribution in [3.05, 3.63) is 66.0 Å². The van der Waals surface area contributed by atoms with E-state index in [1.165, 1.54) is 6.33 Å². The smallest absolute Gasteiger partial charge is 0.254 e. The molecule has 30 heavy (non-hydrogen) atoms. The first kappa shape index (κ1) is 20.0. The van der Waals surface area contributed by atoms with Gasteiger partial charge >= 0.3 is 0 Å². The summed E-state index contributed by atoms with van der Waals surface area (Å²) < 4.78 is 7.35. The molecule has 2 aromatic carbocycles. The highest BCUT2D eigenvalue weighted by Gasteiger charge is 2.24. The molecular formula is C22H26N6O2. The normalized spacial score (nSPS) is 15.9. The Morgan fingerprint density at radius 1 is 1.20 bits per heavy atom. The SMILES string of the molecule is CN(C)c1ccc(CN(CC2CCCO2)C(=O)c2cccc(-n3cnnn3)c2)cc1. The van der Waals surface area contributed by atoms with Gasteiger partial charge in [-0.15, -0.1) is 5.10 Å². The lowest BCUT2D eigenvalue weighted by Crippen LogP contribution is -2.37. The third-order valence-corrected chi connectivity index (χ3v) is 5.27. The van der Waals surface area contributed by atoms with Gasteiger partial charge in [-0.05, 0) is 59.2 Å². The van der Waals surface area contributed by atoms with Gasteiger partial charge in [0, 0.05) is 45.0 Å². The van der Waals surface area contributed by atoms with E-state index in [4.69, 9.17) is 4.74 Å². The topological polar surface area (TPSA) is 76.4 Å². The van der Waals surface area contributed by atoms with Crippen LogP contribution in [0.15, 0.2) is 54.9 Å². The van der Waals surface area contributed by atoms with Crippen LogP contribution in [0.2, 0.25) is 0 Å². The second-order valence-corrected chi connectivity index (χ2v) is 7.69. The number of tetrazole rings is 1. The zero-order valence-electron chi connectivity index (χ0n) is 17.3. The summed E-state index contributed by atoms with van der Waals surface area (Å²) in [4.78, 5) is 17.4. The number of aromatic nitrogens is 4. The standard InChI is InChI=1S/C22H26N6O2/c1-26(2)19-10-8-17(9-11-19)14-27(15-21-7-4-12-30-21)22(29)18-5-3-6-20(13-18)28-16-23-24-25-28/h3,5-6,8-11,13,16,21H,4,7,12,14-15H2,1-2H3. The lowest BCUT2D eigenvalue weighted by Gasteiger charge is -2.26. The molecule has 1 fully saturated rings. The Morgan fingerprint density at radius 2 is 2.03 bits per heavy atom. The van der Waals surface area contributed by atoms with Crippen LogP contribution in [0.1, 0.15) is 28.8 Å². The highest BCUT2D eigenvalue weighted by molar-refractivity contribution is 5.94. The number of ether oxygens (including phenoxy) is 1. The van der Waals surface area contributed by atoms with Crippen molar-refractivity contribution in [2.75, 3.05) is 32.1 Å². The summed E-state index contributed by atoms with van der Waals surface area (Å²) in [5, 5.41) is 11.2. The average molecular weight is 406 g/mol. The van der Waals surface area contributed by atoms with Gasteiger partial charge in [0.05, 0.1) is 11.8 Å². The molecule has 0 spiro atoms. The fraction of sp³-hybridized carbons (Fsp3) is 0.364. The van der Waals surface area contributed by atoms with Crippen LogP contribution in [-0.2, 0) is 11.3 Å². The third-order valence-electron chi connectivity index (χ3n) is 5.27. The van der Waals surface area contributed by atoms with Crippen molar-refractivity contribution >= 4 is 11.6 Å². The van der Waals surface area contributed by atoms with E-state index in [0.717, 1.165) is 36.4 Å². The number of amides is 1. The lowest BCUT2D eigenvalue weighted by molar-refractivity contribution is 0.0507. The van der Waals surface area contributed by atoms with Crippen molar-refractivity contribution in [2.24, 2.45) is 0 Å². The number of carbonyl (C=O) groups is 1. The Morgan fingerprint density at radius 3 is 2.70 bits per heavy atom. The second kappa shape index (κ2) is 9.04. The molecule has 1 saturated heterocycles. The van der Waals surface area contributed by atoms with Crippen molar-refractivity contribution in [1.29, 1.82) is 0 Å². The minimum absolute atomic E-state index is 0.0305. The van der Waals surface area contributed by atoms with Gasteiger partial charge in [0.2, 0.25) is 0 Å². The van der Waals surface area contributed by atoms with Crippen LogP contribution in [-0.4, -0.2) is 64.4 Å². The minimum Gasteiger partial charge on any atom is -0.378 e. The first-order valence-electron chi connectivity index (χ1n) is 10.1. The molecule has 1 unspecified atom stereocenters. The summed E-state index contributed by atoms with van der Waals surface area (Å²) in [6.07, 6.45) is 3.62. The van der Waals surface area contributed by atoms with Gasteiger partial charge in [0.15, 0.2) is 0 Å². The van der Waals surface area contributed by atoms with Crippen LogP contribution in [0, 0.1) is 0 Å². The van der Waals surface area contributed by atoms with Crippen LogP contribution in [0.5, 0.6) is 0 Å². The number of hydrogen-bond donors (Lipinski definition) is 0. The molecule has 1 aliphatic rings. The molecule has 8 heteroatoms. The molecule has 1 aliphatic heterocycles. The van der Waals surface area contributed by atoms with E-state index in [0.29, 0.717) is 18.7 Å². The number of rotatable bonds is 7. The van der Waals surface area contributed by atoms with Crippen molar-refractivity contribution in [2.45, 2.75) is 25.5 Å². The molecule has 1 amide bonds. The Bertz CT molecular complexity index is 966. The van der Waals surface area contributed by atoms with Crippen molar-refractivity contribution < 1.29 is 9.53 Å². The predicted octanol–water partition coefficient (Wildman–Crippen LogP) is 2.55. The average Bonchev–Trinajstić information content (AvgIpc) is 3.48. The maximum atomic E-state index is 13.4. The van der Waals surface area contributed by atoms with Gasteiger partial charge in [0.1, 0.15) is 6.33 Å². The van der Waals surface area contributed by atoms with E-state index in [1.54, 1.807) is 4.68 Å². The Labute approximate surface area is 176 Å². The van der Waals surface area contributed by atoms with Gasteiger partial charge in [-0.25, -0.2) is 4.68 Å². The molecule has 8 nitrogen and oxygen atoms in total. The molecule has 0 aliphatic carbocycles. The zero-order chi connectivity index (χ0) is 20.9. The Hall–Kier alpha value is -3.26. The van der Waals surface area contributed by atoms with Gasteiger partial charge in [0.25, 0.3) is 5.91 Å². The lowest BCUT2D eigenvalue weighted by atomic mass is 10.1. The van der Waals surface area contributed by atoms with Crippen molar-refractivity contribution in [3.8, 4) is 5.69 Å². The predicted molar refractivity (Wildman–Crippen MR) is 114 cm³/mol. The number of nitrogens with zero attached hydrogens (tertiary/aromatic N) is 6. The van der Waals surface area contributed by atoms with Crippen LogP contribution in [0.25, 0.3) is 5.69 Å². The number of hydrogen-bond acceptors (Lipinski definition) is 6. The van der Waals surface area contributed by atoms with Gasteiger partial charge in [-0.2, -0.15) is 0 Å². The molecule has 0 saturated carbocycles. The fourth-order valence-electron chi connectivity index (χ4n) is 3.62. The summed E-state index contributed by atoms with van der Waals surface area (Å²) >= 11 is 0. The quantitative estimate of drug-likeness (QED) is 0.600. The molecular weight excluding hydrogens is 380 g/mol. The summed E-state index contributed by atoms with van der Waals surface area (Å²) in [5.74, 6) is -0.0305. The molecule has 156 valence electrons. The van der Waals surface area contributed by atoms with Gasteiger partial charge < -0.3 is 14.5 Å². The van der Waals surface area contributed by atoms with Crippen LogP contribution in [0.3, 0.4) is 0 Å². The molecule has 3 aromatic rings. The maximum Gasteiger partial charge on any atom is 0.254 e. The summed E-state index contributed by atoms with van der Waals surface area (Å²) in [7, 11) is 4.03. The van der Waals surface area contributed by atoms with E-state index >= 15 is 0 Å². The molecule has 0 bridgehead atoms. The third kappa shape index (κ3) is 4.65. The summed E-state index contributed by atoms with van der Waals surface area (Å²) in [5.41, 5.74) is 3.57. The largest absolute Gasteiger partial charge is 0.378 e. The van der Waals surface area contributed by atoms with Crippen LogP contribution < -0.4 is 4.90 Å². The first-order valence-corrected chi connectivity index (χ1v) is 10.1. The fourth-order valence-corrected chi connectivity index (χ4v) is 3.62. The van der Waals surface area contributed by atoms with E-state index in [1.807, 2.05) is 43.3 Å². The molecule has 4 rings (SSSR count). The van der Waals surface area contributed by atoms with E-state index < -0.39 is 0 Å². The minimum atomic E-state index is -0.0305. The summed E-state index contributed by atoms with van der Waals surface area (Å²) in [6, 6.07) is 15.7. The van der Waals surface area contributed by atoms with Crippen molar-refractivity contribution in [1.82, 2.24) is 25.1 Å². The van der Waals surface area contributed by atoms with Crippen molar-refractivity contribution in [3.63, 3.8) is 0 Å². The van der Waals surface area contributed by atoms with E-state index in [-0.39, 0.29) is 12.0 Å². The zero-order valence-corrected chi connectivity index (χ0v) is 17.3. The molecule has 0 radical (unpaired) electrons. The molecule has 0 N–H and O–H groups in total.